The standard InChI is InChI=1S/C20H19N3O.C6H12O2.C2H6.H2/c1-2-19(24)23-17-11-7-6-10-15(17)12-18(23)20-21-13-16(22-20)14-8-4-3-5-9-14;1-5(7)8-6(2,3)4;1-2;/h3-11,13,18H,2,12H2,1H3,(H,21,22);1-4H3;1-2H3;1H. The SMILES string of the molecule is CC.CC(=O)OC(C)(C)C.CCC(=O)N1c2ccccc2CC1c1ncc(-c2ccccc2)[nH]1.[HH]. The molecule has 0 saturated carbocycles. The second-order valence-electron chi connectivity index (χ2n) is 8.72. The van der Waals surface area contributed by atoms with Gasteiger partial charge in [-0.25, -0.2) is 4.98 Å². The second kappa shape index (κ2) is 12.2. The number of amides is 1. The van der Waals surface area contributed by atoms with Gasteiger partial charge >= 0.3 is 5.97 Å². The number of ether oxygens (including phenoxy) is 1. The van der Waals surface area contributed by atoms with Gasteiger partial charge in [0.2, 0.25) is 5.91 Å². The van der Waals surface area contributed by atoms with E-state index in [0.29, 0.717) is 6.42 Å². The Labute approximate surface area is 204 Å². The summed E-state index contributed by atoms with van der Waals surface area (Å²) in [6, 6.07) is 18.2. The van der Waals surface area contributed by atoms with Gasteiger partial charge in [-0.15, -0.1) is 0 Å². The van der Waals surface area contributed by atoms with Crippen LogP contribution in [0.25, 0.3) is 11.3 Å². The van der Waals surface area contributed by atoms with E-state index in [2.05, 4.69) is 28.2 Å². The predicted molar refractivity (Wildman–Crippen MR) is 140 cm³/mol. The normalized spacial score (nSPS) is 14.2. The molecule has 6 heteroatoms. The second-order valence-corrected chi connectivity index (χ2v) is 8.72. The van der Waals surface area contributed by atoms with Crippen molar-refractivity contribution in [3.05, 3.63) is 72.2 Å². The fourth-order valence-electron chi connectivity index (χ4n) is 3.78. The monoisotopic (exact) mass is 465 g/mol. The highest BCUT2D eigenvalue weighted by atomic mass is 16.6. The van der Waals surface area contributed by atoms with Gasteiger partial charge < -0.3 is 14.6 Å². The zero-order valence-corrected chi connectivity index (χ0v) is 21.4. The van der Waals surface area contributed by atoms with Gasteiger partial charge in [-0.1, -0.05) is 69.3 Å². The Morgan fingerprint density at radius 1 is 1.09 bits per heavy atom. The van der Waals surface area contributed by atoms with Crippen LogP contribution in [0.4, 0.5) is 5.69 Å². The molecule has 0 spiro atoms. The molecule has 1 unspecified atom stereocenters. The van der Waals surface area contributed by atoms with E-state index < -0.39 is 0 Å². The number of para-hydroxylation sites is 1. The topological polar surface area (TPSA) is 75.3 Å². The summed E-state index contributed by atoms with van der Waals surface area (Å²) in [7, 11) is 0. The maximum atomic E-state index is 12.5. The number of fused-ring (bicyclic) bond motifs is 1. The van der Waals surface area contributed by atoms with Crippen molar-refractivity contribution in [1.82, 2.24) is 9.97 Å². The van der Waals surface area contributed by atoms with Crippen LogP contribution in [0.15, 0.2) is 60.8 Å². The van der Waals surface area contributed by atoms with Crippen molar-refractivity contribution in [3.8, 4) is 11.3 Å². The Balaban J connectivity index is 0.000000480. The van der Waals surface area contributed by atoms with E-state index in [0.717, 1.165) is 29.2 Å². The Morgan fingerprint density at radius 2 is 1.71 bits per heavy atom. The Bertz CT molecular complexity index is 1070. The maximum Gasteiger partial charge on any atom is 0.303 e. The summed E-state index contributed by atoms with van der Waals surface area (Å²) < 4.78 is 4.80. The molecule has 6 nitrogen and oxygen atoms in total. The van der Waals surface area contributed by atoms with Gasteiger partial charge in [0.05, 0.1) is 17.9 Å². The van der Waals surface area contributed by atoms with Crippen molar-refractivity contribution >= 4 is 17.6 Å². The number of rotatable bonds is 3. The van der Waals surface area contributed by atoms with E-state index in [1.165, 1.54) is 12.5 Å². The fourth-order valence-corrected chi connectivity index (χ4v) is 3.78. The zero-order valence-electron chi connectivity index (χ0n) is 21.4. The summed E-state index contributed by atoms with van der Waals surface area (Å²) in [5.74, 6) is 0.743. The first-order valence-electron chi connectivity index (χ1n) is 11.9. The van der Waals surface area contributed by atoms with Crippen molar-refractivity contribution in [2.75, 3.05) is 4.90 Å². The van der Waals surface area contributed by atoms with Crippen LogP contribution in [0.1, 0.15) is 73.7 Å². The number of imidazole rings is 1. The average molecular weight is 466 g/mol. The fraction of sp³-hybridized carbons (Fsp3) is 0.393. The van der Waals surface area contributed by atoms with Crippen LogP contribution in [0.3, 0.4) is 0 Å². The van der Waals surface area contributed by atoms with E-state index >= 15 is 0 Å². The third-order valence-corrected chi connectivity index (χ3v) is 4.99. The molecule has 4 rings (SSSR count). The van der Waals surface area contributed by atoms with Crippen LogP contribution in [-0.4, -0.2) is 27.4 Å². The van der Waals surface area contributed by atoms with Crippen LogP contribution in [0, 0.1) is 0 Å². The minimum absolute atomic E-state index is 0. The molecule has 3 aromatic rings. The molecule has 1 aliphatic heterocycles. The molecule has 0 fully saturated rings. The summed E-state index contributed by atoms with van der Waals surface area (Å²) in [6.45, 7) is 12.8. The van der Waals surface area contributed by atoms with Crippen molar-refractivity contribution in [1.29, 1.82) is 0 Å². The number of hydrogen-bond acceptors (Lipinski definition) is 4. The lowest BCUT2D eigenvalue weighted by molar-refractivity contribution is -0.151. The van der Waals surface area contributed by atoms with E-state index in [-0.39, 0.29) is 24.9 Å². The minimum atomic E-state index is -0.328. The summed E-state index contributed by atoms with van der Waals surface area (Å²) >= 11 is 0. The van der Waals surface area contributed by atoms with Gasteiger partial charge in [0.1, 0.15) is 11.4 Å². The molecule has 1 aromatic heterocycles. The Morgan fingerprint density at radius 3 is 2.26 bits per heavy atom. The number of carbonyl (C=O) groups is 2. The Kier molecular flexibility index (Phi) is 9.60. The van der Waals surface area contributed by atoms with Gasteiger partial charge in [0.25, 0.3) is 0 Å². The molecule has 184 valence electrons. The van der Waals surface area contributed by atoms with Gasteiger partial charge in [-0.3, -0.25) is 9.59 Å². The summed E-state index contributed by atoms with van der Waals surface area (Å²) in [4.78, 5) is 32.6. The van der Waals surface area contributed by atoms with Gasteiger partial charge in [-0.05, 0) is 38.0 Å². The van der Waals surface area contributed by atoms with Gasteiger partial charge in [-0.2, -0.15) is 0 Å². The number of nitrogens with zero attached hydrogens (tertiary/aromatic N) is 2. The molecule has 1 aliphatic rings. The number of nitrogens with one attached hydrogen (secondary N) is 1. The first kappa shape index (κ1) is 26.8. The lowest BCUT2D eigenvalue weighted by atomic mass is 10.1. The summed E-state index contributed by atoms with van der Waals surface area (Å²) in [6.07, 6.45) is 3.13. The minimum Gasteiger partial charge on any atom is -0.460 e. The lowest BCUT2D eigenvalue weighted by Crippen LogP contribution is -2.32. The molecular formula is C28H39N3O3. The summed E-state index contributed by atoms with van der Waals surface area (Å²) in [5, 5.41) is 0. The molecule has 34 heavy (non-hydrogen) atoms. The lowest BCUT2D eigenvalue weighted by Gasteiger charge is -2.23. The van der Waals surface area contributed by atoms with E-state index in [1.807, 2.05) is 89.0 Å². The number of H-pyrrole nitrogens is 1. The first-order chi connectivity index (χ1) is 16.2. The zero-order chi connectivity index (χ0) is 25.3. The molecule has 0 saturated heterocycles. The number of hydrogen-bond donors (Lipinski definition) is 1. The molecule has 1 atom stereocenters. The van der Waals surface area contributed by atoms with Crippen molar-refractivity contribution < 1.29 is 15.8 Å². The molecule has 0 aliphatic carbocycles. The van der Waals surface area contributed by atoms with Crippen LogP contribution in [-0.2, 0) is 20.7 Å². The number of anilines is 1. The quantitative estimate of drug-likeness (QED) is 0.435. The molecule has 1 amide bonds. The third-order valence-electron chi connectivity index (χ3n) is 4.99. The summed E-state index contributed by atoms with van der Waals surface area (Å²) in [5.41, 5.74) is 3.95. The highest BCUT2D eigenvalue weighted by molar-refractivity contribution is 5.96. The molecule has 2 heterocycles. The average Bonchev–Trinajstić information content (AvgIpc) is 3.44. The van der Waals surface area contributed by atoms with Crippen LogP contribution in [0.5, 0.6) is 0 Å². The van der Waals surface area contributed by atoms with E-state index in [9.17, 15) is 9.59 Å². The third kappa shape index (κ3) is 7.04. The van der Waals surface area contributed by atoms with Crippen LogP contribution in [0.2, 0.25) is 0 Å². The maximum absolute atomic E-state index is 12.5. The van der Waals surface area contributed by atoms with E-state index in [1.54, 1.807) is 0 Å². The van der Waals surface area contributed by atoms with E-state index in [4.69, 9.17) is 4.74 Å². The molecule has 2 aromatic carbocycles. The molecule has 0 radical (unpaired) electrons. The number of benzene rings is 2. The molecule has 1 N–H and O–H groups in total. The highest BCUT2D eigenvalue weighted by Crippen LogP contribution is 2.40. The van der Waals surface area contributed by atoms with Gasteiger partial charge in [0.15, 0.2) is 0 Å². The van der Waals surface area contributed by atoms with Crippen LogP contribution < -0.4 is 4.90 Å². The largest absolute Gasteiger partial charge is 0.460 e. The predicted octanol–water partition coefficient (Wildman–Crippen LogP) is 6.74. The first-order valence-corrected chi connectivity index (χ1v) is 11.9. The van der Waals surface area contributed by atoms with Crippen molar-refractivity contribution in [2.24, 2.45) is 0 Å². The number of esters is 1. The number of aromatic nitrogens is 2. The van der Waals surface area contributed by atoms with Crippen LogP contribution >= 0.6 is 0 Å². The molecule has 0 bridgehead atoms. The highest BCUT2D eigenvalue weighted by Gasteiger charge is 2.35. The van der Waals surface area contributed by atoms with Gasteiger partial charge in [0, 0.05) is 26.9 Å². The Hall–Kier alpha value is -3.41. The smallest absolute Gasteiger partial charge is 0.303 e. The van der Waals surface area contributed by atoms with Crippen molar-refractivity contribution in [2.45, 2.75) is 73.0 Å². The van der Waals surface area contributed by atoms with Crippen molar-refractivity contribution in [3.63, 3.8) is 0 Å². The molecular weight excluding hydrogens is 426 g/mol. The number of aromatic amines is 1. The number of carbonyl (C=O) groups excluding carboxylic acids is 2.